The number of halogens is 3. The van der Waals surface area contributed by atoms with E-state index in [1.807, 2.05) is 60.7 Å². The van der Waals surface area contributed by atoms with Gasteiger partial charge in [-0.1, -0.05) is 0 Å². The van der Waals surface area contributed by atoms with Crippen molar-refractivity contribution in [2.75, 3.05) is 13.1 Å². The van der Waals surface area contributed by atoms with Gasteiger partial charge in [0.25, 0.3) is 5.91 Å². The lowest BCUT2D eigenvalue weighted by molar-refractivity contribution is -0.192. The topological polar surface area (TPSA) is 102 Å². The number of nitrogens with zero attached hydrogens (tertiary/aromatic N) is 3. The van der Waals surface area contributed by atoms with Gasteiger partial charge >= 0.3 is 12.1 Å². The lowest BCUT2D eigenvalue weighted by atomic mass is 9.81. The smallest absolute Gasteiger partial charge is 0.486 e. The summed E-state index contributed by atoms with van der Waals surface area (Å²) >= 11 is 0. The van der Waals surface area contributed by atoms with Crippen LogP contribution in [0.1, 0.15) is 51.1 Å². The number of ketones is 1. The molecule has 3 aromatic rings. The van der Waals surface area contributed by atoms with Crippen LogP contribution in [-0.4, -0.2) is 62.1 Å². The van der Waals surface area contributed by atoms with E-state index in [4.69, 9.17) is 14.6 Å². The number of hydrogen-bond donors (Lipinski definition) is 1. The number of aliphatic carboxylic acids is 1. The molecule has 1 amide bonds. The zero-order chi connectivity index (χ0) is 27.1. The van der Waals surface area contributed by atoms with Gasteiger partial charge in [-0.3, -0.25) is 9.59 Å². The van der Waals surface area contributed by atoms with Crippen LogP contribution < -0.4 is 4.74 Å². The van der Waals surface area contributed by atoms with E-state index >= 15 is 0 Å². The largest absolute Gasteiger partial charge is 0.490 e. The van der Waals surface area contributed by atoms with Gasteiger partial charge in [0, 0.05) is 38.5 Å². The molecule has 0 atom stereocenters. The lowest BCUT2D eigenvalue weighted by Gasteiger charge is -2.44. The van der Waals surface area contributed by atoms with Crippen LogP contribution in [0.15, 0.2) is 36.7 Å². The number of benzene rings is 2. The summed E-state index contributed by atoms with van der Waals surface area (Å²) < 4.78 is 40.1. The standard InChI is InChI=1S/C24H25N3O3.C2HF3O2/c1-15-10-18-21(28)13-24(30-22(18)11-16(15)2)6-8-27(9-7-24)23(29)17-4-5-20-19(12-17)25-14-26(20)3;3-2(4,5)1(6)7/h4-5,10-12,14H,6-9,13H2,1-3H3;(H,6,7). The highest BCUT2D eigenvalue weighted by molar-refractivity contribution is 6.01. The van der Waals surface area contributed by atoms with Crippen molar-refractivity contribution in [1.29, 1.82) is 0 Å². The first kappa shape index (κ1) is 26.2. The fourth-order valence-corrected chi connectivity index (χ4v) is 4.60. The lowest BCUT2D eigenvalue weighted by Crippen LogP contribution is -2.52. The number of imidazole rings is 1. The number of rotatable bonds is 1. The molecule has 11 heteroatoms. The highest BCUT2D eigenvalue weighted by Gasteiger charge is 2.44. The molecule has 1 spiro atoms. The molecule has 8 nitrogen and oxygen atoms in total. The molecule has 0 saturated carbocycles. The van der Waals surface area contributed by atoms with Gasteiger partial charge in [0.2, 0.25) is 0 Å². The van der Waals surface area contributed by atoms with Crippen LogP contribution in [0.5, 0.6) is 5.75 Å². The number of carboxylic acid groups (broad SMARTS) is 1. The van der Waals surface area contributed by atoms with E-state index in [9.17, 15) is 22.8 Å². The molecular weight excluding hydrogens is 491 g/mol. The summed E-state index contributed by atoms with van der Waals surface area (Å²) in [5.41, 5.74) is 4.87. The van der Waals surface area contributed by atoms with E-state index in [2.05, 4.69) is 4.98 Å². The molecular formula is C26H26F3N3O5. The van der Waals surface area contributed by atoms with E-state index in [0.29, 0.717) is 49.2 Å². The second-order valence-corrected chi connectivity index (χ2v) is 9.47. The number of likely N-dealkylation sites (tertiary alicyclic amines) is 1. The predicted octanol–water partition coefficient (Wildman–Crippen LogP) is 4.46. The number of carbonyl (C=O) groups excluding carboxylic acids is 2. The molecule has 1 saturated heterocycles. The average Bonchev–Trinajstić information content (AvgIpc) is 3.20. The summed E-state index contributed by atoms with van der Waals surface area (Å²) in [6.07, 6.45) is -1.64. The SMILES string of the molecule is Cc1cc2c(cc1C)C(=O)CC1(CCN(C(=O)c3ccc4c(c3)ncn4C)CC1)O2.O=C(O)C(F)(F)F. The van der Waals surface area contributed by atoms with Gasteiger partial charge in [0.05, 0.1) is 29.3 Å². The molecule has 0 unspecified atom stereocenters. The maximum atomic E-state index is 13.0. The number of fused-ring (bicyclic) bond motifs is 2. The molecule has 1 aromatic heterocycles. The first-order valence-corrected chi connectivity index (χ1v) is 11.6. The second-order valence-electron chi connectivity index (χ2n) is 9.47. The van der Waals surface area contributed by atoms with Crippen molar-refractivity contribution >= 4 is 28.7 Å². The number of carbonyl (C=O) groups is 3. The number of carboxylic acids is 1. The third-order valence-corrected chi connectivity index (χ3v) is 6.88. The van der Waals surface area contributed by atoms with Crippen molar-refractivity contribution in [2.45, 2.75) is 44.9 Å². The molecule has 3 heterocycles. The molecule has 2 aliphatic heterocycles. The van der Waals surface area contributed by atoms with Gasteiger partial charge in [-0.25, -0.2) is 9.78 Å². The van der Waals surface area contributed by atoms with Crippen molar-refractivity contribution in [3.63, 3.8) is 0 Å². The normalized spacial score (nSPS) is 16.6. The molecule has 5 rings (SSSR count). The molecule has 2 aliphatic rings. The van der Waals surface area contributed by atoms with Gasteiger partial charge in [-0.05, 0) is 55.3 Å². The highest BCUT2D eigenvalue weighted by Crippen LogP contribution is 2.40. The number of hydrogen-bond acceptors (Lipinski definition) is 5. The Hall–Kier alpha value is -3.89. The monoisotopic (exact) mass is 517 g/mol. The number of ether oxygens (including phenoxy) is 1. The van der Waals surface area contributed by atoms with Crippen molar-refractivity contribution < 1.29 is 37.4 Å². The van der Waals surface area contributed by atoms with Crippen molar-refractivity contribution in [2.24, 2.45) is 7.05 Å². The van der Waals surface area contributed by atoms with E-state index in [-0.39, 0.29) is 11.7 Å². The average molecular weight is 518 g/mol. The van der Waals surface area contributed by atoms with Gasteiger partial charge in [-0.15, -0.1) is 0 Å². The van der Waals surface area contributed by atoms with Crippen molar-refractivity contribution in [3.8, 4) is 5.75 Å². The minimum atomic E-state index is -5.08. The first-order valence-electron chi connectivity index (χ1n) is 11.6. The first-order chi connectivity index (χ1) is 17.3. The Morgan fingerprint density at radius 3 is 2.32 bits per heavy atom. The Bertz CT molecular complexity index is 1390. The van der Waals surface area contributed by atoms with Crippen LogP contribution in [0.2, 0.25) is 0 Å². The number of aromatic nitrogens is 2. The van der Waals surface area contributed by atoms with Crippen LogP contribution in [-0.2, 0) is 11.8 Å². The molecule has 196 valence electrons. The van der Waals surface area contributed by atoms with E-state index < -0.39 is 17.7 Å². The van der Waals surface area contributed by atoms with E-state index in [0.717, 1.165) is 22.2 Å². The van der Waals surface area contributed by atoms with Crippen LogP contribution in [0.25, 0.3) is 11.0 Å². The molecule has 1 fully saturated rings. The Labute approximate surface area is 210 Å². The predicted molar refractivity (Wildman–Crippen MR) is 128 cm³/mol. The van der Waals surface area contributed by atoms with Crippen LogP contribution in [0.4, 0.5) is 13.2 Å². The Morgan fingerprint density at radius 2 is 1.70 bits per heavy atom. The van der Waals surface area contributed by atoms with Gasteiger partial charge < -0.3 is 19.3 Å². The quantitative estimate of drug-likeness (QED) is 0.511. The minimum Gasteiger partial charge on any atom is -0.486 e. The molecule has 0 aliphatic carbocycles. The van der Waals surface area contributed by atoms with Crippen LogP contribution >= 0.6 is 0 Å². The molecule has 1 N–H and O–H groups in total. The third-order valence-electron chi connectivity index (χ3n) is 6.88. The molecule has 37 heavy (non-hydrogen) atoms. The number of alkyl halides is 3. The van der Waals surface area contributed by atoms with Crippen LogP contribution in [0, 0.1) is 13.8 Å². The molecule has 0 bridgehead atoms. The fourth-order valence-electron chi connectivity index (χ4n) is 4.60. The maximum Gasteiger partial charge on any atom is 0.490 e. The van der Waals surface area contributed by atoms with Gasteiger partial charge in [-0.2, -0.15) is 13.2 Å². The van der Waals surface area contributed by atoms with Crippen molar-refractivity contribution in [1.82, 2.24) is 14.5 Å². The van der Waals surface area contributed by atoms with E-state index in [1.165, 1.54) is 0 Å². The summed E-state index contributed by atoms with van der Waals surface area (Å²) in [5, 5.41) is 7.12. The Balaban J connectivity index is 0.000000405. The Morgan fingerprint density at radius 1 is 1.08 bits per heavy atom. The van der Waals surface area contributed by atoms with Crippen LogP contribution in [0.3, 0.4) is 0 Å². The number of amides is 1. The summed E-state index contributed by atoms with van der Waals surface area (Å²) in [4.78, 5) is 41.0. The number of piperidine rings is 1. The minimum absolute atomic E-state index is 0.00593. The molecule has 0 radical (unpaired) electrons. The van der Waals surface area contributed by atoms with Gasteiger partial charge in [0.1, 0.15) is 11.4 Å². The van der Waals surface area contributed by atoms with Gasteiger partial charge in [0.15, 0.2) is 5.78 Å². The second kappa shape index (κ2) is 9.53. The highest BCUT2D eigenvalue weighted by atomic mass is 19.4. The third kappa shape index (κ3) is 5.30. The number of Topliss-reactive ketones (excluding diaryl/α,β-unsaturated/α-hetero) is 1. The Kier molecular flexibility index (Phi) is 6.74. The fraction of sp³-hybridized carbons (Fsp3) is 0.385. The maximum absolute atomic E-state index is 13.0. The van der Waals surface area contributed by atoms with E-state index in [1.54, 1.807) is 6.33 Å². The zero-order valence-corrected chi connectivity index (χ0v) is 20.6. The summed E-state index contributed by atoms with van der Waals surface area (Å²) in [6, 6.07) is 9.56. The number of aryl methyl sites for hydroxylation is 3. The summed E-state index contributed by atoms with van der Waals surface area (Å²) in [7, 11) is 1.94. The summed E-state index contributed by atoms with van der Waals surface area (Å²) in [6.45, 7) is 5.20. The zero-order valence-electron chi connectivity index (χ0n) is 20.6. The van der Waals surface area contributed by atoms with Crippen molar-refractivity contribution in [3.05, 3.63) is 58.9 Å². The summed E-state index contributed by atoms with van der Waals surface area (Å²) in [5.74, 6) is -1.92. The molecule has 2 aromatic carbocycles.